The molecule has 0 aromatic heterocycles. The summed E-state index contributed by atoms with van der Waals surface area (Å²) in [7, 11) is 0. The zero-order chi connectivity index (χ0) is 14.4. The van der Waals surface area contributed by atoms with Crippen molar-refractivity contribution in [3.05, 3.63) is 29.8 Å². The summed E-state index contributed by atoms with van der Waals surface area (Å²) in [5.41, 5.74) is 1.15. The van der Waals surface area contributed by atoms with Crippen LogP contribution >= 0.6 is 0 Å². The van der Waals surface area contributed by atoms with Crippen LogP contribution in [0.3, 0.4) is 0 Å². The molecule has 108 valence electrons. The number of amides is 2. The van der Waals surface area contributed by atoms with Crippen molar-refractivity contribution >= 4 is 17.7 Å². The van der Waals surface area contributed by atoms with Crippen LogP contribution in [0.15, 0.2) is 24.3 Å². The van der Waals surface area contributed by atoms with Gasteiger partial charge < -0.3 is 15.4 Å². The highest BCUT2D eigenvalue weighted by molar-refractivity contribution is 5.92. The number of rotatable bonds is 5. The molecule has 1 aromatic carbocycles. The Bertz CT molecular complexity index is 467. The summed E-state index contributed by atoms with van der Waals surface area (Å²) < 4.78 is 5.03. The first-order chi connectivity index (χ1) is 9.69. The van der Waals surface area contributed by atoms with Gasteiger partial charge in [-0.05, 0) is 49.9 Å². The van der Waals surface area contributed by atoms with E-state index in [4.69, 9.17) is 4.74 Å². The van der Waals surface area contributed by atoms with Crippen LogP contribution in [0.4, 0.5) is 10.5 Å². The number of urea groups is 1. The van der Waals surface area contributed by atoms with Gasteiger partial charge >= 0.3 is 12.0 Å². The number of benzene rings is 1. The molecule has 0 bridgehead atoms. The van der Waals surface area contributed by atoms with Crippen LogP contribution in [0.25, 0.3) is 0 Å². The number of nitrogens with one attached hydrogen (secondary N) is 2. The Labute approximate surface area is 118 Å². The number of hydrogen-bond acceptors (Lipinski definition) is 3. The fraction of sp³-hybridized carbons (Fsp3) is 0.467. The molecule has 2 N–H and O–H groups in total. The van der Waals surface area contributed by atoms with E-state index in [1.165, 1.54) is 6.42 Å². The Balaban J connectivity index is 1.84. The largest absolute Gasteiger partial charge is 0.462 e. The van der Waals surface area contributed by atoms with Crippen LogP contribution in [0.1, 0.15) is 43.0 Å². The van der Waals surface area contributed by atoms with E-state index in [0.717, 1.165) is 19.3 Å². The van der Waals surface area contributed by atoms with E-state index in [2.05, 4.69) is 10.6 Å². The molecule has 5 nitrogen and oxygen atoms in total. The molecule has 0 unspecified atom stereocenters. The van der Waals surface area contributed by atoms with Gasteiger partial charge in [-0.25, -0.2) is 9.59 Å². The fourth-order valence-corrected chi connectivity index (χ4v) is 1.87. The van der Waals surface area contributed by atoms with Gasteiger partial charge in [-0.3, -0.25) is 0 Å². The Morgan fingerprint density at radius 2 is 1.95 bits per heavy atom. The summed E-state index contributed by atoms with van der Waals surface area (Å²) in [6.07, 6.45) is 4.08. The number of hydrogen-bond donors (Lipinski definition) is 2. The molecule has 1 aromatic rings. The molecule has 0 heterocycles. The molecular weight excluding hydrogens is 256 g/mol. The van der Waals surface area contributed by atoms with Crippen molar-refractivity contribution in [2.45, 2.75) is 38.6 Å². The predicted molar refractivity (Wildman–Crippen MR) is 76.8 cm³/mol. The Morgan fingerprint density at radius 1 is 1.25 bits per heavy atom. The Kier molecular flexibility index (Phi) is 4.98. The van der Waals surface area contributed by atoms with Gasteiger partial charge in [0.05, 0.1) is 12.2 Å². The molecular formula is C15H20N2O3. The first-order valence-electron chi connectivity index (χ1n) is 7.03. The third-order valence-electron chi connectivity index (χ3n) is 3.26. The third-order valence-corrected chi connectivity index (χ3v) is 3.26. The van der Waals surface area contributed by atoms with E-state index in [9.17, 15) is 9.59 Å². The molecule has 0 aliphatic heterocycles. The SMILES string of the molecule is CCCOC(=O)c1ccc(NC(=O)NC2CCC2)cc1. The average molecular weight is 276 g/mol. The van der Waals surface area contributed by atoms with E-state index < -0.39 is 0 Å². The summed E-state index contributed by atoms with van der Waals surface area (Å²) in [5.74, 6) is -0.336. The van der Waals surface area contributed by atoms with Crippen molar-refractivity contribution in [1.29, 1.82) is 0 Å². The third kappa shape index (κ3) is 3.98. The van der Waals surface area contributed by atoms with Gasteiger partial charge in [0.25, 0.3) is 0 Å². The van der Waals surface area contributed by atoms with Crippen molar-refractivity contribution in [1.82, 2.24) is 5.32 Å². The molecule has 2 rings (SSSR count). The molecule has 0 saturated heterocycles. The maximum atomic E-state index is 11.7. The molecule has 1 saturated carbocycles. The highest BCUT2D eigenvalue weighted by atomic mass is 16.5. The van der Waals surface area contributed by atoms with Gasteiger partial charge in [-0.1, -0.05) is 6.92 Å². The van der Waals surface area contributed by atoms with Crippen molar-refractivity contribution in [3.63, 3.8) is 0 Å². The molecule has 0 spiro atoms. The fourth-order valence-electron chi connectivity index (χ4n) is 1.87. The number of ether oxygens (including phenoxy) is 1. The topological polar surface area (TPSA) is 67.4 Å². The van der Waals surface area contributed by atoms with Gasteiger partial charge in [0.2, 0.25) is 0 Å². The van der Waals surface area contributed by atoms with Crippen molar-refractivity contribution < 1.29 is 14.3 Å². The van der Waals surface area contributed by atoms with E-state index in [1.807, 2.05) is 6.92 Å². The van der Waals surface area contributed by atoms with Gasteiger partial charge in [-0.2, -0.15) is 0 Å². The first-order valence-corrected chi connectivity index (χ1v) is 7.03. The lowest BCUT2D eigenvalue weighted by Gasteiger charge is -2.26. The minimum absolute atomic E-state index is 0.198. The minimum Gasteiger partial charge on any atom is -0.462 e. The average Bonchev–Trinajstić information content (AvgIpc) is 2.41. The summed E-state index contributed by atoms with van der Waals surface area (Å²) in [5, 5.41) is 5.64. The predicted octanol–water partition coefficient (Wildman–Crippen LogP) is 2.93. The number of esters is 1. The lowest BCUT2D eigenvalue weighted by atomic mass is 9.93. The van der Waals surface area contributed by atoms with E-state index in [0.29, 0.717) is 23.9 Å². The maximum absolute atomic E-state index is 11.7. The van der Waals surface area contributed by atoms with Gasteiger partial charge in [0, 0.05) is 11.7 Å². The summed E-state index contributed by atoms with van der Waals surface area (Å²) >= 11 is 0. The normalized spacial score (nSPS) is 14.2. The minimum atomic E-state index is -0.336. The second-order valence-corrected chi connectivity index (χ2v) is 4.94. The first kappa shape index (κ1) is 14.4. The van der Waals surface area contributed by atoms with E-state index >= 15 is 0 Å². The Hall–Kier alpha value is -2.04. The van der Waals surface area contributed by atoms with Gasteiger partial charge in [-0.15, -0.1) is 0 Å². The molecule has 1 aliphatic rings. The van der Waals surface area contributed by atoms with Crippen LogP contribution < -0.4 is 10.6 Å². The van der Waals surface area contributed by atoms with Gasteiger partial charge in [0.15, 0.2) is 0 Å². The van der Waals surface area contributed by atoms with Crippen molar-refractivity contribution in [3.8, 4) is 0 Å². The lowest BCUT2D eigenvalue weighted by molar-refractivity contribution is 0.0505. The second-order valence-electron chi connectivity index (χ2n) is 4.94. The quantitative estimate of drug-likeness (QED) is 0.812. The molecule has 0 atom stereocenters. The summed E-state index contributed by atoms with van der Waals surface area (Å²) in [6, 6.07) is 6.80. The molecule has 2 amide bonds. The highest BCUT2D eigenvalue weighted by Crippen LogP contribution is 2.18. The van der Waals surface area contributed by atoms with Gasteiger partial charge in [0.1, 0.15) is 0 Å². The number of carbonyl (C=O) groups excluding carboxylic acids is 2. The summed E-state index contributed by atoms with van der Waals surface area (Å²) in [4.78, 5) is 23.3. The van der Waals surface area contributed by atoms with Crippen molar-refractivity contribution in [2.24, 2.45) is 0 Å². The van der Waals surface area contributed by atoms with Crippen molar-refractivity contribution in [2.75, 3.05) is 11.9 Å². The summed E-state index contributed by atoms with van der Waals surface area (Å²) in [6.45, 7) is 2.36. The standard InChI is InChI=1S/C15H20N2O3/c1-2-10-20-14(18)11-6-8-13(9-7-11)17-15(19)16-12-4-3-5-12/h6-9,12H,2-5,10H2,1H3,(H2,16,17,19). The maximum Gasteiger partial charge on any atom is 0.338 e. The van der Waals surface area contributed by atoms with Crippen LogP contribution in [0.2, 0.25) is 0 Å². The monoisotopic (exact) mass is 276 g/mol. The van der Waals surface area contributed by atoms with Crippen LogP contribution in [0, 0.1) is 0 Å². The van der Waals surface area contributed by atoms with E-state index in [-0.39, 0.29) is 12.0 Å². The molecule has 1 fully saturated rings. The molecule has 0 radical (unpaired) electrons. The number of carbonyl (C=O) groups is 2. The molecule has 20 heavy (non-hydrogen) atoms. The second kappa shape index (κ2) is 6.93. The molecule has 5 heteroatoms. The zero-order valence-corrected chi connectivity index (χ0v) is 11.6. The highest BCUT2D eigenvalue weighted by Gasteiger charge is 2.19. The number of anilines is 1. The van der Waals surface area contributed by atoms with Crippen LogP contribution in [0.5, 0.6) is 0 Å². The van der Waals surface area contributed by atoms with Crippen LogP contribution in [-0.2, 0) is 4.74 Å². The lowest BCUT2D eigenvalue weighted by Crippen LogP contribution is -2.41. The Morgan fingerprint density at radius 3 is 2.50 bits per heavy atom. The zero-order valence-electron chi connectivity index (χ0n) is 11.6. The van der Waals surface area contributed by atoms with E-state index in [1.54, 1.807) is 24.3 Å². The smallest absolute Gasteiger partial charge is 0.338 e. The van der Waals surface area contributed by atoms with Crippen LogP contribution in [-0.4, -0.2) is 24.6 Å². The molecule has 1 aliphatic carbocycles.